The maximum absolute atomic E-state index is 5.85. The lowest BCUT2D eigenvalue weighted by atomic mass is 9.99. The Kier molecular flexibility index (Phi) is 7.10. The Morgan fingerprint density at radius 3 is 1.94 bits per heavy atom. The minimum absolute atomic E-state index is 0.306. The Balaban J connectivity index is 4.53. The molecule has 0 heterocycles. The second-order valence-corrected chi connectivity index (χ2v) is 4.59. The lowest BCUT2D eigenvalue weighted by Gasteiger charge is -2.42. The molecule has 0 saturated carbocycles. The highest BCUT2D eigenvalue weighted by atomic mass is 16.7. The van der Waals surface area contributed by atoms with Crippen LogP contribution in [0.4, 0.5) is 0 Å². The SMILES string of the molecule is COC(OC)C(C)(CN)N(C)CCN(C)C. The van der Waals surface area contributed by atoms with Gasteiger partial charge in [-0.05, 0) is 28.1 Å². The summed E-state index contributed by atoms with van der Waals surface area (Å²) in [5, 5.41) is 0. The summed E-state index contributed by atoms with van der Waals surface area (Å²) in [5.41, 5.74) is 5.55. The van der Waals surface area contributed by atoms with Crippen LogP contribution in [0.5, 0.6) is 0 Å². The van der Waals surface area contributed by atoms with Crippen molar-refractivity contribution in [1.82, 2.24) is 9.80 Å². The van der Waals surface area contributed by atoms with Crippen LogP contribution >= 0.6 is 0 Å². The number of methoxy groups -OCH3 is 2. The molecule has 5 heteroatoms. The number of rotatable bonds is 8. The first-order chi connectivity index (χ1) is 7.42. The fourth-order valence-electron chi connectivity index (χ4n) is 1.64. The molecule has 0 rings (SSSR count). The van der Waals surface area contributed by atoms with E-state index in [2.05, 4.69) is 30.8 Å². The lowest BCUT2D eigenvalue weighted by Crippen LogP contribution is -2.60. The summed E-state index contributed by atoms with van der Waals surface area (Å²) < 4.78 is 10.7. The van der Waals surface area contributed by atoms with Gasteiger partial charge >= 0.3 is 0 Å². The average Bonchev–Trinajstić information content (AvgIpc) is 2.26. The Morgan fingerprint density at radius 2 is 1.62 bits per heavy atom. The van der Waals surface area contributed by atoms with Crippen molar-refractivity contribution < 1.29 is 9.47 Å². The lowest BCUT2D eigenvalue weighted by molar-refractivity contribution is -0.177. The van der Waals surface area contributed by atoms with Crippen molar-refractivity contribution in [1.29, 1.82) is 0 Å². The number of nitrogens with two attached hydrogens (primary N) is 1. The van der Waals surface area contributed by atoms with E-state index in [4.69, 9.17) is 15.2 Å². The van der Waals surface area contributed by atoms with Crippen molar-refractivity contribution in [3.63, 3.8) is 0 Å². The number of hydrogen-bond donors (Lipinski definition) is 1. The first-order valence-electron chi connectivity index (χ1n) is 5.54. The fraction of sp³-hybridized carbons (Fsp3) is 1.00. The van der Waals surface area contributed by atoms with Crippen molar-refractivity contribution in [2.75, 3.05) is 55.0 Å². The van der Waals surface area contributed by atoms with Crippen LogP contribution in [-0.4, -0.2) is 76.6 Å². The molecule has 0 spiro atoms. The van der Waals surface area contributed by atoms with Crippen LogP contribution < -0.4 is 5.73 Å². The molecular formula is C11H27N3O2. The second-order valence-electron chi connectivity index (χ2n) is 4.59. The summed E-state index contributed by atoms with van der Waals surface area (Å²) in [4.78, 5) is 4.33. The zero-order valence-electron chi connectivity index (χ0n) is 11.5. The summed E-state index contributed by atoms with van der Waals surface area (Å²) in [5.74, 6) is 0. The smallest absolute Gasteiger partial charge is 0.176 e. The topological polar surface area (TPSA) is 51.0 Å². The van der Waals surface area contributed by atoms with Gasteiger partial charge in [-0.25, -0.2) is 0 Å². The molecule has 1 unspecified atom stereocenters. The third-order valence-corrected chi connectivity index (χ3v) is 3.10. The highest BCUT2D eigenvalue weighted by molar-refractivity contribution is 4.89. The van der Waals surface area contributed by atoms with Gasteiger partial charge in [0.25, 0.3) is 0 Å². The van der Waals surface area contributed by atoms with E-state index in [0.717, 1.165) is 13.1 Å². The zero-order chi connectivity index (χ0) is 12.8. The van der Waals surface area contributed by atoms with Crippen LogP contribution in [-0.2, 0) is 9.47 Å². The summed E-state index contributed by atoms with van der Waals surface area (Å²) in [7, 11) is 9.43. The van der Waals surface area contributed by atoms with E-state index in [1.54, 1.807) is 14.2 Å². The van der Waals surface area contributed by atoms with Crippen LogP contribution in [0.1, 0.15) is 6.92 Å². The van der Waals surface area contributed by atoms with E-state index < -0.39 is 0 Å². The number of ether oxygens (including phenoxy) is 2. The van der Waals surface area contributed by atoms with Gasteiger partial charge in [-0.1, -0.05) is 0 Å². The third kappa shape index (κ3) is 3.99. The molecule has 0 aromatic heterocycles. The molecule has 2 N–H and O–H groups in total. The number of hydrogen-bond acceptors (Lipinski definition) is 5. The largest absolute Gasteiger partial charge is 0.354 e. The molecule has 0 aromatic rings. The van der Waals surface area contributed by atoms with Crippen LogP contribution in [0.25, 0.3) is 0 Å². The second kappa shape index (κ2) is 7.19. The van der Waals surface area contributed by atoms with Gasteiger partial charge < -0.3 is 20.1 Å². The van der Waals surface area contributed by atoms with Gasteiger partial charge in [0.15, 0.2) is 6.29 Å². The highest BCUT2D eigenvalue weighted by Gasteiger charge is 2.37. The molecule has 5 nitrogen and oxygen atoms in total. The zero-order valence-corrected chi connectivity index (χ0v) is 11.5. The summed E-state index contributed by atoms with van der Waals surface area (Å²) in [6.45, 7) is 4.44. The van der Waals surface area contributed by atoms with E-state index >= 15 is 0 Å². The van der Waals surface area contributed by atoms with Gasteiger partial charge in [-0.15, -0.1) is 0 Å². The molecule has 16 heavy (non-hydrogen) atoms. The quantitative estimate of drug-likeness (QED) is 0.589. The minimum Gasteiger partial charge on any atom is -0.354 e. The van der Waals surface area contributed by atoms with Crippen molar-refractivity contribution in [2.24, 2.45) is 5.73 Å². The van der Waals surface area contributed by atoms with E-state index in [1.807, 2.05) is 7.05 Å². The van der Waals surface area contributed by atoms with Crippen LogP contribution in [0.15, 0.2) is 0 Å². The Hall–Kier alpha value is -0.200. The first kappa shape index (κ1) is 15.8. The van der Waals surface area contributed by atoms with E-state index in [9.17, 15) is 0 Å². The predicted octanol–water partition coefficient (Wildman–Crippen LogP) is -0.184. The first-order valence-corrected chi connectivity index (χ1v) is 5.54. The van der Waals surface area contributed by atoms with Gasteiger partial charge in [0.2, 0.25) is 0 Å². The molecular weight excluding hydrogens is 206 g/mol. The van der Waals surface area contributed by atoms with Crippen LogP contribution in [0, 0.1) is 0 Å². The van der Waals surface area contributed by atoms with E-state index in [1.165, 1.54) is 0 Å². The Morgan fingerprint density at radius 1 is 1.12 bits per heavy atom. The summed E-state index contributed by atoms with van der Waals surface area (Å²) in [6.07, 6.45) is -0.315. The summed E-state index contributed by atoms with van der Waals surface area (Å²) >= 11 is 0. The predicted molar refractivity (Wildman–Crippen MR) is 66.4 cm³/mol. The van der Waals surface area contributed by atoms with E-state index in [-0.39, 0.29) is 11.8 Å². The van der Waals surface area contributed by atoms with Gasteiger partial charge in [0.05, 0.1) is 5.54 Å². The van der Waals surface area contributed by atoms with Gasteiger partial charge in [0.1, 0.15) is 0 Å². The van der Waals surface area contributed by atoms with Crippen LogP contribution in [0.2, 0.25) is 0 Å². The Bertz CT molecular complexity index is 186. The molecule has 0 aliphatic rings. The maximum atomic E-state index is 5.85. The third-order valence-electron chi connectivity index (χ3n) is 3.10. The highest BCUT2D eigenvalue weighted by Crippen LogP contribution is 2.19. The van der Waals surface area contributed by atoms with Gasteiger partial charge in [0, 0.05) is 33.9 Å². The molecule has 1 atom stereocenters. The number of nitrogens with zero attached hydrogens (tertiary/aromatic N) is 2. The van der Waals surface area contributed by atoms with E-state index in [0.29, 0.717) is 6.54 Å². The normalized spacial score (nSPS) is 16.1. The maximum Gasteiger partial charge on any atom is 0.176 e. The molecule has 0 amide bonds. The number of likely N-dealkylation sites (N-methyl/N-ethyl adjacent to an activating group) is 2. The Labute approximate surface area is 99.5 Å². The average molecular weight is 233 g/mol. The fourth-order valence-corrected chi connectivity index (χ4v) is 1.64. The van der Waals surface area contributed by atoms with Gasteiger partial charge in [-0.3, -0.25) is 4.90 Å². The van der Waals surface area contributed by atoms with Crippen molar-refractivity contribution in [3.8, 4) is 0 Å². The standard InChI is InChI=1S/C11H27N3O2/c1-11(9-12,10(15-5)16-6)14(4)8-7-13(2)3/h10H,7-9,12H2,1-6H3. The molecule has 0 aliphatic heterocycles. The molecule has 0 aliphatic carbocycles. The molecule has 0 radical (unpaired) electrons. The van der Waals surface area contributed by atoms with Gasteiger partial charge in [-0.2, -0.15) is 0 Å². The summed E-state index contributed by atoms with van der Waals surface area (Å²) in [6, 6.07) is 0. The van der Waals surface area contributed by atoms with Crippen molar-refractivity contribution in [3.05, 3.63) is 0 Å². The van der Waals surface area contributed by atoms with Crippen molar-refractivity contribution >= 4 is 0 Å². The molecule has 98 valence electrons. The molecule has 0 saturated heterocycles. The van der Waals surface area contributed by atoms with Crippen molar-refractivity contribution in [2.45, 2.75) is 18.8 Å². The monoisotopic (exact) mass is 233 g/mol. The minimum atomic E-state index is -0.315. The molecule has 0 bridgehead atoms. The molecule has 0 fully saturated rings. The molecule has 0 aromatic carbocycles. The van der Waals surface area contributed by atoms with Crippen LogP contribution in [0.3, 0.4) is 0 Å².